The number of esters is 1. The number of ether oxygens (including phenoxy) is 1. The van der Waals surface area contributed by atoms with E-state index in [4.69, 9.17) is 4.74 Å². The molecule has 0 spiro atoms. The van der Waals surface area contributed by atoms with Crippen molar-refractivity contribution < 1.29 is 27.2 Å². The van der Waals surface area contributed by atoms with E-state index in [-0.39, 0.29) is 22.9 Å². The molecule has 2 aromatic carbocycles. The molecule has 232 valence electrons. The number of halogens is 3. The van der Waals surface area contributed by atoms with E-state index in [9.17, 15) is 28.0 Å². The minimum atomic E-state index is -4.63. The van der Waals surface area contributed by atoms with Crippen LogP contribution in [0.5, 0.6) is 0 Å². The number of H-pyrrole nitrogens is 1. The molecule has 4 aromatic rings. The largest absolute Gasteiger partial charge is 0.466 e. The fourth-order valence-electron chi connectivity index (χ4n) is 5.59. The number of hydrogen-bond donors (Lipinski definition) is 1. The number of likely N-dealkylation sites (N-methyl/N-ethyl adjacent to an activating group) is 1. The van der Waals surface area contributed by atoms with Crippen molar-refractivity contribution in [3.05, 3.63) is 111 Å². The molecule has 11 nitrogen and oxygen atoms in total. The van der Waals surface area contributed by atoms with Crippen molar-refractivity contribution in [3.63, 3.8) is 0 Å². The van der Waals surface area contributed by atoms with Gasteiger partial charge in [0, 0.05) is 30.2 Å². The second kappa shape index (κ2) is 12.0. The van der Waals surface area contributed by atoms with E-state index < -0.39 is 29.4 Å². The molecule has 0 bridgehead atoms. The number of nitrogens with one attached hydrogen (secondary N) is 1. The second-order valence-corrected chi connectivity index (χ2v) is 11.3. The Hall–Kier alpha value is -5.29. The molecule has 0 aliphatic carbocycles. The maximum atomic E-state index is 13.6. The molecule has 0 saturated heterocycles. The molecule has 0 radical (unpaired) electrons. The van der Waals surface area contributed by atoms with Gasteiger partial charge < -0.3 is 9.22 Å². The molecule has 2 aromatic heterocycles. The smallest absolute Gasteiger partial charge is 0.416 e. The lowest BCUT2D eigenvalue weighted by Crippen LogP contribution is -2.41. The third-order valence-electron chi connectivity index (χ3n) is 7.74. The van der Waals surface area contributed by atoms with E-state index >= 15 is 0 Å². The van der Waals surface area contributed by atoms with Crippen molar-refractivity contribution in [3.8, 4) is 6.07 Å². The number of rotatable bonds is 8. The lowest BCUT2D eigenvalue weighted by Gasteiger charge is -2.36. The average molecular weight is 620 g/mol. The van der Waals surface area contributed by atoms with Gasteiger partial charge in [0.15, 0.2) is 0 Å². The summed E-state index contributed by atoms with van der Waals surface area (Å²) in [6.07, 6.45) is 0.740. The van der Waals surface area contributed by atoms with Crippen molar-refractivity contribution in [1.29, 1.82) is 5.26 Å². The number of aromatic nitrogens is 5. The number of carbonyl (C=O) groups is 1. The molecular formula is C31H30F3N8O3+. The Morgan fingerprint density at radius 2 is 1.96 bits per heavy atom. The van der Waals surface area contributed by atoms with Crippen molar-refractivity contribution in [2.24, 2.45) is 0 Å². The van der Waals surface area contributed by atoms with Gasteiger partial charge in [-0.3, -0.25) is 14.9 Å². The van der Waals surface area contributed by atoms with E-state index in [0.29, 0.717) is 40.7 Å². The third kappa shape index (κ3) is 6.20. The summed E-state index contributed by atoms with van der Waals surface area (Å²) < 4.78 is 47.8. The number of alkyl halides is 3. The standard InChI is InChI=1S/C31H29F3N8O3/c1-19-26(28(43)45-4)27(41-29(38-39-30(41)44)40(19)24-7-5-6-22(15-24)31(32,33)34)25-9-8-20(16-35)14-21(25)10-13-42(2,3)18-23-17-36-11-12-37-23/h5-9,11-12,14-15,17,27H,10,13,18H2,1-4H3/p+1/t27-/m1/s1. The summed E-state index contributed by atoms with van der Waals surface area (Å²) in [6, 6.07) is 10.6. The van der Waals surface area contributed by atoms with Gasteiger partial charge >= 0.3 is 17.8 Å². The highest BCUT2D eigenvalue weighted by Crippen LogP contribution is 2.43. The predicted octanol–water partition coefficient (Wildman–Crippen LogP) is 4.26. The Balaban J connectivity index is 1.65. The highest BCUT2D eigenvalue weighted by molar-refractivity contribution is 5.93. The maximum absolute atomic E-state index is 13.6. The van der Waals surface area contributed by atoms with Crippen LogP contribution in [0.4, 0.5) is 24.8 Å². The molecular weight excluding hydrogens is 589 g/mol. The summed E-state index contributed by atoms with van der Waals surface area (Å²) in [5.74, 6) is -0.786. The van der Waals surface area contributed by atoms with E-state index in [2.05, 4.69) is 26.2 Å². The van der Waals surface area contributed by atoms with Gasteiger partial charge in [-0.25, -0.2) is 19.3 Å². The molecule has 0 unspecified atom stereocenters. The van der Waals surface area contributed by atoms with E-state index in [0.717, 1.165) is 17.8 Å². The van der Waals surface area contributed by atoms with Gasteiger partial charge in [0.05, 0.1) is 56.7 Å². The zero-order chi connectivity index (χ0) is 32.5. The zero-order valence-corrected chi connectivity index (χ0v) is 25.0. The number of nitriles is 1. The summed E-state index contributed by atoms with van der Waals surface area (Å²) in [6.45, 7) is 2.73. The first-order valence-electron chi connectivity index (χ1n) is 13.9. The monoisotopic (exact) mass is 619 g/mol. The maximum Gasteiger partial charge on any atom is 0.416 e. The lowest BCUT2D eigenvalue weighted by atomic mass is 9.89. The Morgan fingerprint density at radius 1 is 1.18 bits per heavy atom. The number of carbonyl (C=O) groups excluding carboxylic acids is 1. The molecule has 1 aliphatic rings. The number of methoxy groups -OCH3 is 1. The number of aromatic amines is 1. The fraction of sp³-hybridized carbons (Fsp3) is 0.290. The third-order valence-corrected chi connectivity index (χ3v) is 7.74. The SMILES string of the molecule is COC(=O)C1=C(C)N(c2cccc(C(F)(F)F)c2)c2n[nH]c(=O)n2[C@@H]1c1ccc(C#N)cc1CC[N+](C)(C)Cc1cnccn1. The molecule has 1 aliphatic heterocycles. The molecule has 45 heavy (non-hydrogen) atoms. The Kier molecular flexibility index (Phi) is 8.31. The Morgan fingerprint density at radius 3 is 2.62 bits per heavy atom. The summed E-state index contributed by atoms with van der Waals surface area (Å²) in [5, 5.41) is 16.3. The van der Waals surface area contributed by atoms with E-state index in [1.54, 1.807) is 43.7 Å². The summed E-state index contributed by atoms with van der Waals surface area (Å²) in [7, 11) is 5.24. The normalized spacial score (nSPS) is 15.1. The first-order valence-corrected chi connectivity index (χ1v) is 13.9. The highest BCUT2D eigenvalue weighted by atomic mass is 19.4. The Labute approximate surface area is 256 Å². The van der Waals surface area contributed by atoms with Crippen LogP contribution in [-0.2, 0) is 28.7 Å². The molecule has 1 atom stereocenters. The second-order valence-electron chi connectivity index (χ2n) is 11.3. The minimum Gasteiger partial charge on any atom is -0.466 e. The number of nitrogens with zero attached hydrogens (tertiary/aromatic N) is 7. The van der Waals surface area contributed by atoms with Crippen LogP contribution in [0.25, 0.3) is 0 Å². The summed E-state index contributed by atoms with van der Waals surface area (Å²) in [4.78, 5) is 36.6. The van der Waals surface area contributed by atoms with Crippen LogP contribution in [0, 0.1) is 11.3 Å². The number of benzene rings is 2. The van der Waals surface area contributed by atoms with Crippen molar-refractivity contribution in [2.75, 3.05) is 32.6 Å². The van der Waals surface area contributed by atoms with Gasteiger partial charge in [-0.1, -0.05) is 12.1 Å². The molecule has 1 N–H and O–H groups in total. The predicted molar refractivity (Wildman–Crippen MR) is 157 cm³/mol. The number of allylic oxidation sites excluding steroid dienone is 1. The zero-order valence-electron chi connectivity index (χ0n) is 25.0. The molecule has 14 heteroatoms. The van der Waals surface area contributed by atoms with Gasteiger partial charge in [0.2, 0.25) is 5.95 Å². The number of hydrogen-bond acceptors (Lipinski definition) is 8. The fourth-order valence-corrected chi connectivity index (χ4v) is 5.59. The molecule has 0 amide bonds. The van der Waals surface area contributed by atoms with Crippen LogP contribution in [0.1, 0.15) is 40.9 Å². The lowest BCUT2D eigenvalue weighted by molar-refractivity contribution is -0.903. The Bertz CT molecular complexity index is 1870. The molecule has 3 heterocycles. The number of fused-ring (bicyclic) bond motifs is 1. The van der Waals surface area contributed by atoms with E-state index in [1.807, 2.05) is 14.1 Å². The van der Waals surface area contributed by atoms with Gasteiger partial charge in [-0.2, -0.15) is 18.4 Å². The molecule has 0 fully saturated rings. The average Bonchev–Trinajstić information content (AvgIpc) is 3.39. The molecule has 0 saturated carbocycles. The van der Waals surface area contributed by atoms with Crippen LogP contribution < -0.4 is 10.6 Å². The van der Waals surface area contributed by atoms with Crippen LogP contribution in [-0.4, -0.2) is 62.9 Å². The van der Waals surface area contributed by atoms with Gasteiger partial charge in [-0.05, 0) is 48.4 Å². The first-order chi connectivity index (χ1) is 21.3. The molecule has 5 rings (SSSR count). The van der Waals surface area contributed by atoms with Crippen LogP contribution >= 0.6 is 0 Å². The quantitative estimate of drug-likeness (QED) is 0.229. The highest BCUT2D eigenvalue weighted by Gasteiger charge is 2.41. The van der Waals surface area contributed by atoms with Crippen LogP contribution in [0.3, 0.4) is 0 Å². The summed E-state index contributed by atoms with van der Waals surface area (Å²) >= 11 is 0. The van der Waals surface area contributed by atoms with Gasteiger partial charge in [0.25, 0.3) is 0 Å². The summed E-state index contributed by atoms with van der Waals surface area (Å²) in [5.41, 5.74) is 1.14. The number of anilines is 2. The first kappa shape index (κ1) is 31.1. The van der Waals surface area contributed by atoms with Gasteiger partial charge in [-0.15, -0.1) is 5.10 Å². The van der Waals surface area contributed by atoms with Crippen molar-refractivity contribution in [1.82, 2.24) is 24.7 Å². The van der Waals surface area contributed by atoms with Crippen LogP contribution in [0.15, 0.2) is 77.1 Å². The van der Waals surface area contributed by atoms with Gasteiger partial charge in [0.1, 0.15) is 18.3 Å². The van der Waals surface area contributed by atoms with Crippen molar-refractivity contribution >= 4 is 17.6 Å². The van der Waals surface area contributed by atoms with Crippen LogP contribution in [0.2, 0.25) is 0 Å². The topological polar surface area (TPSA) is 130 Å². The van der Waals surface area contributed by atoms with Crippen molar-refractivity contribution in [2.45, 2.75) is 32.1 Å². The number of quaternary nitrogens is 1. The minimum absolute atomic E-state index is 0.0106. The van der Waals surface area contributed by atoms with E-state index in [1.165, 1.54) is 28.7 Å².